The van der Waals surface area contributed by atoms with Gasteiger partial charge in [0.25, 0.3) is 0 Å². The molecule has 0 aliphatic carbocycles. The maximum atomic E-state index is 8.84. The normalized spacial score (nSPS) is 10.0. The standard InChI is InChI=1S/C9H21B.C8H6BBrO3.C8H5BrO.3H2O/c1-7(2)10(8(3)4)9(5)6;10-6-1-2-7-5(3-6)4-8(13-7)9(11)12;9-7-1-2-8-6(5-7)3-4-10-8;;;/h7-9H,1-6H3;1-4,11-12H;1-5H;3*1H2. The third-order valence-corrected chi connectivity index (χ3v) is 6.46. The number of furan rings is 2. The van der Waals surface area contributed by atoms with Crippen LogP contribution in [0.4, 0.5) is 0 Å². The molecule has 2 heterocycles. The first-order valence-corrected chi connectivity index (χ1v) is 12.8. The molecule has 4 aromatic rings. The topological polar surface area (TPSA) is 161 Å². The van der Waals surface area contributed by atoms with E-state index in [-0.39, 0.29) is 22.1 Å². The molecule has 0 bridgehead atoms. The summed E-state index contributed by atoms with van der Waals surface area (Å²) in [7, 11) is -1.55. The van der Waals surface area contributed by atoms with Gasteiger partial charge in [-0.1, -0.05) is 90.9 Å². The molecule has 0 atom stereocenters. The van der Waals surface area contributed by atoms with E-state index in [0.29, 0.717) is 5.58 Å². The summed E-state index contributed by atoms with van der Waals surface area (Å²) < 4.78 is 12.3. The summed E-state index contributed by atoms with van der Waals surface area (Å²) in [6.45, 7) is 14.8. The van der Waals surface area contributed by atoms with Gasteiger partial charge in [-0.25, -0.2) is 0 Å². The number of benzene rings is 2. The van der Waals surface area contributed by atoms with Gasteiger partial charge >= 0.3 is 7.12 Å². The fourth-order valence-electron chi connectivity index (χ4n) is 4.41. The van der Waals surface area contributed by atoms with Crippen LogP contribution in [0.25, 0.3) is 21.9 Å². The van der Waals surface area contributed by atoms with Crippen molar-refractivity contribution in [2.45, 2.75) is 59.0 Å². The fraction of sp³-hybridized carbons (Fsp3) is 0.360. The van der Waals surface area contributed by atoms with Crippen molar-refractivity contribution >= 4 is 73.3 Å². The van der Waals surface area contributed by atoms with Gasteiger partial charge in [0.05, 0.1) is 6.26 Å². The molecule has 0 radical (unpaired) electrons. The Morgan fingerprint density at radius 1 is 0.667 bits per heavy atom. The Labute approximate surface area is 230 Å². The number of fused-ring (bicyclic) bond motifs is 2. The summed E-state index contributed by atoms with van der Waals surface area (Å²) in [6, 6.07) is 14.9. The summed E-state index contributed by atoms with van der Waals surface area (Å²) in [5, 5.41) is 19.7. The molecular weight excluding hydrogens is 594 g/mol. The molecule has 0 spiro atoms. The third-order valence-electron chi connectivity index (χ3n) is 5.48. The zero-order valence-electron chi connectivity index (χ0n) is 21.5. The second kappa shape index (κ2) is 17.0. The molecule has 0 saturated carbocycles. The summed E-state index contributed by atoms with van der Waals surface area (Å²) in [6.07, 6.45) is 1.69. The molecule has 8 N–H and O–H groups in total. The Morgan fingerprint density at radius 2 is 1.14 bits per heavy atom. The average molecular weight is 632 g/mol. The first-order chi connectivity index (χ1) is 15.5. The van der Waals surface area contributed by atoms with Crippen molar-refractivity contribution in [3.05, 3.63) is 63.7 Å². The van der Waals surface area contributed by atoms with Crippen LogP contribution in [0.1, 0.15) is 41.5 Å². The van der Waals surface area contributed by atoms with Crippen molar-refractivity contribution in [1.82, 2.24) is 0 Å². The van der Waals surface area contributed by atoms with E-state index in [2.05, 4.69) is 73.4 Å². The largest absolute Gasteiger partial charge is 0.526 e. The van der Waals surface area contributed by atoms with E-state index in [9.17, 15) is 0 Å². The summed E-state index contributed by atoms with van der Waals surface area (Å²) in [5.74, 6) is 2.50. The van der Waals surface area contributed by atoms with Crippen LogP contribution in [-0.4, -0.2) is 40.3 Å². The van der Waals surface area contributed by atoms with Crippen molar-refractivity contribution in [3.8, 4) is 0 Å². The molecule has 0 aliphatic heterocycles. The van der Waals surface area contributed by atoms with Crippen LogP contribution < -0.4 is 5.66 Å². The van der Waals surface area contributed by atoms with E-state index < -0.39 is 7.12 Å². The van der Waals surface area contributed by atoms with Gasteiger partial charge in [-0.3, -0.25) is 0 Å². The smallest absolute Gasteiger partial charge is 0.465 e. The summed E-state index contributed by atoms with van der Waals surface area (Å²) in [4.78, 5) is 0. The quantitative estimate of drug-likeness (QED) is 0.292. The zero-order valence-corrected chi connectivity index (χ0v) is 24.7. The molecule has 0 saturated heterocycles. The van der Waals surface area contributed by atoms with Crippen molar-refractivity contribution in [2.24, 2.45) is 0 Å². The second-order valence-electron chi connectivity index (χ2n) is 9.12. The Hall–Kier alpha value is -1.59. The molecule has 0 amide bonds. The van der Waals surface area contributed by atoms with Crippen LogP contribution >= 0.6 is 31.9 Å². The van der Waals surface area contributed by atoms with Crippen LogP contribution in [-0.2, 0) is 0 Å². The predicted molar refractivity (Wildman–Crippen MR) is 160 cm³/mol. The van der Waals surface area contributed by atoms with Crippen molar-refractivity contribution < 1.29 is 35.3 Å². The van der Waals surface area contributed by atoms with Crippen LogP contribution in [0.2, 0.25) is 17.5 Å². The molecule has 0 unspecified atom stereocenters. The minimum absolute atomic E-state index is 0. The predicted octanol–water partition coefficient (Wildman–Crippen LogP) is 5.31. The molecule has 11 heteroatoms. The average Bonchev–Trinajstić information content (AvgIpc) is 3.33. The first kappa shape index (κ1) is 36.6. The van der Waals surface area contributed by atoms with Crippen LogP contribution in [0.5, 0.6) is 0 Å². The number of rotatable bonds is 4. The SMILES string of the molecule is Brc1ccc2occc2c1.CC(C)B(C(C)C)C(C)C.O.O.O.OB(O)c1cc2cc(Br)ccc2o1. The van der Waals surface area contributed by atoms with Gasteiger partial charge in [0, 0.05) is 19.7 Å². The monoisotopic (exact) mass is 630 g/mol. The van der Waals surface area contributed by atoms with E-state index in [1.165, 1.54) is 0 Å². The number of hydrogen-bond acceptors (Lipinski definition) is 4. The van der Waals surface area contributed by atoms with Gasteiger partial charge in [-0.05, 0) is 48.5 Å². The fourth-order valence-corrected chi connectivity index (χ4v) is 5.17. The van der Waals surface area contributed by atoms with E-state index in [0.717, 1.165) is 49.5 Å². The highest BCUT2D eigenvalue weighted by atomic mass is 79.9. The summed E-state index contributed by atoms with van der Waals surface area (Å²) >= 11 is 6.69. The Balaban J connectivity index is 0. The maximum absolute atomic E-state index is 8.84. The molecular formula is C25H38B2Br2O7. The highest BCUT2D eigenvalue weighted by Crippen LogP contribution is 2.29. The molecule has 4 rings (SSSR count). The molecule has 0 aliphatic rings. The molecule has 0 fully saturated rings. The molecule has 200 valence electrons. The van der Waals surface area contributed by atoms with Gasteiger partial charge in [0.15, 0.2) is 0 Å². The number of hydrogen-bond donors (Lipinski definition) is 2. The lowest BCUT2D eigenvalue weighted by Crippen LogP contribution is -2.27. The van der Waals surface area contributed by atoms with Gasteiger partial charge in [-0.15, -0.1) is 0 Å². The minimum Gasteiger partial charge on any atom is -0.465 e. The summed E-state index contributed by atoms with van der Waals surface area (Å²) in [5.41, 5.74) is 1.74. The maximum Gasteiger partial charge on any atom is 0.526 e. The van der Waals surface area contributed by atoms with E-state index in [1.54, 1.807) is 18.4 Å². The van der Waals surface area contributed by atoms with Gasteiger partial charge in [0.1, 0.15) is 23.5 Å². The highest BCUT2D eigenvalue weighted by Gasteiger charge is 2.24. The van der Waals surface area contributed by atoms with Crippen LogP contribution in [0.15, 0.2) is 72.6 Å². The van der Waals surface area contributed by atoms with E-state index in [4.69, 9.17) is 18.9 Å². The second-order valence-corrected chi connectivity index (χ2v) is 10.9. The van der Waals surface area contributed by atoms with E-state index in [1.807, 2.05) is 36.4 Å². The Bertz CT molecular complexity index is 1120. The number of halogens is 2. The van der Waals surface area contributed by atoms with Crippen LogP contribution in [0, 0.1) is 0 Å². The third kappa shape index (κ3) is 10.8. The van der Waals surface area contributed by atoms with Crippen molar-refractivity contribution in [3.63, 3.8) is 0 Å². The lowest BCUT2D eigenvalue weighted by Gasteiger charge is -2.24. The molecule has 2 aromatic heterocycles. The lowest BCUT2D eigenvalue weighted by atomic mass is 9.30. The lowest BCUT2D eigenvalue weighted by molar-refractivity contribution is 0.412. The van der Waals surface area contributed by atoms with Gasteiger partial charge in [-0.2, -0.15) is 0 Å². The molecule has 7 nitrogen and oxygen atoms in total. The molecule has 2 aromatic carbocycles. The van der Waals surface area contributed by atoms with Gasteiger partial charge < -0.3 is 35.3 Å². The van der Waals surface area contributed by atoms with Crippen LogP contribution in [0.3, 0.4) is 0 Å². The zero-order chi connectivity index (χ0) is 24.7. The highest BCUT2D eigenvalue weighted by molar-refractivity contribution is 9.10. The first-order valence-electron chi connectivity index (χ1n) is 11.2. The Kier molecular flexibility index (Phi) is 17.3. The van der Waals surface area contributed by atoms with Crippen molar-refractivity contribution in [1.29, 1.82) is 0 Å². The Morgan fingerprint density at radius 3 is 1.58 bits per heavy atom. The van der Waals surface area contributed by atoms with Gasteiger partial charge in [0.2, 0.25) is 0 Å². The molecule has 36 heavy (non-hydrogen) atoms. The minimum atomic E-state index is -1.55. The van der Waals surface area contributed by atoms with Crippen molar-refractivity contribution in [2.75, 3.05) is 0 Å². The van der Waals surface area contributed by atoms with E-state index >= 15 is 0 Å².